The maximum absolute atomic E-state index is 12.0. The van der Waals surface area contributed by atoms with Gasteiger partial charge >= 0.3 is 11.7 Å². The van der Waals surface area contributed by atoms with E-state index in [0.29, 0.717) is 35.4 Å². The van der Waals surface area contributed by atoms with E-state index in [1.807, 2.05) is 0 Å². The molecule has 0 saturated carbocycles. The summed E-state index contributed by atoms with van der Waals surface area (Å²) >= 11 is 0. The second-order valence-electron chi connectivity index (χ2n) is 6.00. The van der Waals surface area contributed by atoms with E-state index in [1.54, 1.807) is 24.3 Å². The van der Waals surface area contributed by atoms with Crippen LogP contribution < -0.4 is 10.5 Å². The lowest BCUT2D eigenvalue weighted by molar-refractivity contribution is -0.385. The van der Waals surface area contributed by atoms with Gasteiger partial charge in [-0.05, 0) is 24.6 Å². The fourth-order valence-corrected chi connectivity index (χ4v) is 2.83. The van der Waals surface area contributed by atoms with Crippen molar-refractivity contribution < 1.29 is 23.6 Å². The van der Waals surface area contributed by atoms with Crippen LogP contribution in [0.1, 0.15) is 18.4 Å². The highest BCUT2D eigenvalue weighted by Gasteiger charge is 2.14. The number of ether oxygens (including phenoxy) is 2. The minimum Gasteiger partial charge on any atom is -0.496 e. The Morgan fingerprint density at radius 2 is 2.04 bits per heavy atom. The number of nitro groups is 1. The van der Waals surface area contributed by atoms with Crippen LogP contribution >= 0.6 is 0 Å². The third kappa shape index (κ3) is 4.20. The maximum atomic E-state index is 12.0. The third-order valence-electron chi connectivity index (χ3n) is 4.20. The Balaban J connectivity index is 1.56. The predicted molar refractivity (Wildman–Crippen MR) is 99.2 cm³/mol. The molecule has 28 heavy (non-hydrogen) atoms. The van der Waals surface area contributed by atoms with Crippen LogP contribution in [-0.4, -0.2) is 22.6 Å². The second kappa shape index (κ2) is 8.38. The van der Waals surface area contributed by atoms with E-state index < -0.39 is 16.6 Å². The molecule has 0 radical (unpaired) electrons. The number of fused-ring (bicyclic) bond motifs is 1. The molecule has 9 nitrogen and oxygen atoms in total. The van der Waals surface area contributed by atoms with E-state index in [4.69, 9.17) is 13.9 Å². The zero-order valence-electron chi connectivity index (χ0n) is 15.1. The van der Waals surface area contributed by atoms with Gasteiger partial charge in [0.05, 0.1) is 17.5 Å². The maximum Gasteiger partial charge on any atom is 0.419 e. The largest absolute Gasteiger partial charge is 0.496 e. The van der Waals surface area contributed by atoms with E-state index in [0.717, 1.165) is 0 Å². The predicted octanol–water partition coefficient (Wildman–Crippen LogP) is 3.03. The molecule has 0 N–H and O–H groups in total. The number of methoxy groups -OCH3 is 1. The van der Waals surface area contributed by atoms with Crippen molar-refractivity contribution in [1.29, 1.82) is 0 Å². The summed E-state index contributed by atoms with van der Waals surface area (Å²) in [5, 5.41) is 10.9. The number of rotatable bonds is 8. The van der Waals surface area contributed by atoms with Crippen molar-refractivity contribution in [3.63, 3.8) is 0 Å². The average Bonchev–Trinajstić information content (AvgIpc) is 3.01. The Morgan fingerprint density at radius 1 is 1.25 bits per heavy atom. The van der Waals surface area contributed by atoms with Crippen LogP contribution in [0.4, 0.5) is 5.69 Å². The number of esters is 1. The number of aryl methyl sites for hydroxylation is 1. The lowest BCUT2D eigenvalue weighted by Crippen LogP contribution is -2.15. The first-order valence-electron chi connectivity index (χ1n) is 8.55. The van der Waals surface area contributed by atoms with Crippen LogP contribution in [0.5, 0.6) is 5.75 Å². The summed E-state index contributed by atoms with van der Waals surface area (Å²) in [5.41, 5.74) is 1.45. The molecule has 1 heterocycles. The monoisotopic (exact) mass is 386 g/mol. The van der Waals surface area contributed by atoms with Crippen molar-refractivity contribution in [3.05, 3.63) is 68.7 Å². The van der Waals surface area contributed by atoms with Crippen molar-refractivity contribution >= 4 is 22.8 Å². The van der Waals surface area contributed by atoms with Crippen LogP contribution in [-0.2, 0) is 22.7 Å². The van der Waals surface area contributed by atoms with Crippen molar-refractivity contribution in [3.8, 4) is 5.75 Å². The summed E-state index contributed by atoms with van der Waals surface area (Å²) in [7, 11) is 1.43. The quantitative estimate of drug-likeness (QED) is 0.332. The number of benzene rings is 2. The van der Waals surface area contributed by atoms with Gasteiger partial charge in [-0.3, -0.25) is 19.5 Å². The second-order valence-corrected chi connectivity index (χ2v) is 6.00. The summed E-state index contributed by atoms with van der Waals surface area (Å²) in [6.45, 7) is 0.170. The Morgan fingerprint density at radius 3 is 2.79 bits per heavy atom. The summed E-state index contributed by atoms with van der Waals surface area (Å²) in [5.74, 6) is -0.555. The SMILES string of the molecule is COc1ccc([N+](=O)[O-])cc1COC(=O)CCCn1c(=O)oc2ccccc21. The topological polar surface area (TPSA) is 114 Å². The Labute approximate surface area is 159 Å². The lowest BCUT2D eigenvalue weighted by Gasteiger charge is -2.09. The van der Waals surface area contributed by atoms with Gasteiger partial charge in [0.1, 0.15) is 12.4 Å². The van der Waals surface area contributed by atoms with Gasteiger partial charge in [-0.1, -0.05) is 12.1 Å². The normalized spacial score (nSPS) is 10.8. The van der Waals surface area contributed by atoms with Gasteiger partial charge in [-0.2, -0.15) is 0 Å². The zero-order valence-corrected chi connectivity index (χ0v) is 15.1. The number of nitrogens with zero attached hydrogens (tertiary/aromatic N) is 2. The molecular formula is C19H18N2O7. The first-order valence-corrected chi connectivity index (χ1v) is 8.55. The highest BCUT2D eigenvalue weighted by Crippen LogP contribution is 2.24. The van der Waals surface area contributed by atoms with Gasteiger partial charge in [-0.25, -0.2) is 4.79 Å². The van der Waals surface area contributed by atoms with Gasteiger partial charge in [0.25, 0.3) is 5.69 Å². The molecule has 2 aromatic carbocycles. The number of para-hydroxylation sites is 2. The number of carbonyl (C=O) groups is 1. The molecule has 0 saturated heterocycles. The molecule has 146 valence electrons. The van der Waals surface area contributed by atoms with Crippen LogP contribution in [0.15, 0.2) is 51.7 Å². The molecule has 3 rings (SSSR count). The van der Waals surface area contributed by atoms with Crippen molar-refractivity contribution in [2.24, 2.45) is 0 Å². The Kier molecular flexibility index (Phi) is 5.73. The van der Waals surface area contributed by atoms with Gasteiger partial charge < -0.3 is 13.9 Å². The molecule has 0 aliphatic rings. The Bertz CT molecular complexity index is 1070. The first kappa shape index (κ1) is 19.2. The van der Waals surface area contributed by atoms with Gasteiger partial charge in [0.15, 0.2) is 5.58 Å². The summed E-state index contributed by atoms with van der Waals surface area (Å²) in [6.07, 6.45) is 0.470. The Hall–Kier alpha value is -3.62. The number of nitro benzene ring substituents is 1. The van der Waals surface area contributed by atoms with E-state index in [2.05, 4.69) is 0 Å². The molecule has 9 heteroatoms. The number of non-ortho nitro benzene ring substituents is 1. The van der Waals surface area contributed by atoms with Crippen LogP contribution in [0.2, 0.25) is 0 Å². The van der Waals surface area contributed by atoms with Gasteiger partial charge in [0, 0.05) is 30.7 Å². The van der Waals surface area contributed by atoms with E-state index in [9.17, 15) is 19.7 Å². The standard InChI is InChI=1S/C19H18N2O7/c1-26-16-9-8-14(21(24)25)11-13(16)12-27-18(22)7-4-10-20-15-5-2-3-6-17(15)28-19(20)23/h2-3,5-6,8-9,11H,4,7,10,12H2,1H3. The molecule has 0 atom stereocenters. The molecule has 3 aromatic rings. The molecule has 0 aliphatic carbocycles. The molecule has 0 spiro atoms. The molecule has 0 aliphatic heterocycles. The van der Waals surface area contributed by atoms with Crippen LogP contribution in [0.3, 0.4) is 0 Å². The molecule has 0 amide bonds. The molecule has 0 bridgehead atoms. The van der Waals surface area contributed by atoms with E-state index in [-0.39, 0.29) is 18.7 Å². The van der Waals surface area contributed by atoms with Crippen molar-refractivity contribution in [2.45, 2.75) is 26.0 Å². The first-order chi connectivity index (χ1) is 13.5. The average molecular weight is 386 g/mol. The zero-order chi connectivity index (χ0) is 20.1. The van der Waals surface area contributed by atoms with Crippen LogP contribution in [0.25, 0.3) is 11.1 Å². The number of aromatic nitrogens is 1. The third-order valence-corrected chi connectivity index (χ3v) is 4.20. The van der Waals surface area contributed by atoms with Gasteiger partial charge in [-0.15, -0.1) is 0 Å². The lowest BCUT2D eigenvalue weighted by atomic mass is 10.2. The molecule has 1 aromatic heterocycles. The summed E-state index contributed by atoms with van der Waals surface area (Å²) in [4.78, 5) is 34.3. The summed E-state index contributed by atoms with van der Waals surface area (Å²) in [6, 6.07) is 11.1. The minimum atomic E-state index is -0.530. The number of hydrogen-bond acceptors (Lipinski definition) is 7. The highest BCUT2D eigenvalue weighted by molar-refractivity contribution is 5.72. The molecule has 0 fully saturated rings. The van der Waals surface area contributed by atoms with Crippen molar-refractivity contribution in [1.82, 2.24) is 4.57 Å². The van der Waals surface area contributed by atoms with Crippen LogP contribution in [0, 0.1) is 10.1 Å². The summed E-state index contributed by atoms with van der Waals surface area (Å²) < 4.78 is 16.9. The highest BCUT2D eigenvalue weighted by atomic mass is 16.6. The number of carbonyl (C=O) groups excluding carboxylic acids is 1. The molecule has 0 unspecified atom stereocenters. The smallest absolute Gasteiger partial charge is 0.419 e. The van der Waals surface area contributed by atoms with Gasteiger partial charge in [0.2, 0.25) is 0 Å². The molecular weight excluding hydrogens is 368 g/mol. The van der Waals surface area contributed by atoms with E-state index >= 15 is 0 Å². The van der Waals surface area contributed by atoms with Crippen molar-refractivity contribution in [2.75, 3.05) is 7.11 Å². The fraction of sp³-hybridized carbons (Fsp3) is 0.263. The fourth-order valence-electron chi connectivity index (χ4n) is 2.83. The number of hydrogen-bond donors (Lipinski definition) is 0. The minimum absolute atomic E-state index is 0.0865. The number of oxazole rings is 1. The van der Waals surface area contributed by atoms with E-state index in [1.165, 1.54) is 29.9 Å².